The highest BCUT2D eigenvalue weighted by molar-refractivity contribution is 5.85. The van der Waals surface area contributed by atoms with E-state index < -0.39 is 5.60 Å². The van der Waals surface area contributed by atoms with Crippen molar-refractivity contribution in [1.82, 2.24) is 15.5 Å². The van der Waals surface area contributed by atoms with Gasteiger partial charge in [-0.05, 0) is 52.4 Å². The van der Waals surface area contributed by atoms with Gasteiger partial charge in [0.15, 0.2) is 0 Å². The Bertz CT molecular complexity index is 323. The molecule has 1 saturated heterocycles. The van der Waals surface area contributed by atoms with Crippen LogP contribution in [0.25, 0.3) is 0 Å². The molecule has 0 radical (unpaired) electrons. The molecule has 5 heteroatoms. The smallest absolute Gasteiger partial charge is 0.252 e. The third kappa shape index (κ3) is 4.17. The Morgan fingerprint density at radius 3 is 2.40 bits per heavy atom. The molecule has 1 fully saturated rings. The average molecular weight is 285 g/mol. The van der Waals surface area contributed by atoms with Crippen molar-refractivity contribution in [2.45, 2.75) is 45.3 Å². The quantitative estimate of drug-likeness (QED) is 0.759. The van der Waals surface area contributed by atoms with E-state index in [-0.39, 0.29) is 17.4 Å². The number of nitrogens with one attached hydrogen (secondary N) is 2. The van der Waals surface area contributed by atoms with E-state index in [4.69, 9.17) is 4.74 Å². The molecular formula is C15H31N3O2. The summed E-state index contributed by atoms with van der Waals surface area (Å²) in [5, 5.41) is 6.44. The number of amides is 1. The summed E-state index contributed by atoms with van der Waals surface area (Å²) in [6.07, 6.45) is 1.46. The van der Waals surface area contributed by atoms with Crippen molar-refractivity contribution >= 4 is 5.91 Å². The first-order valence-corrected chi connectivity index (χ1v) is 7.45. The lowest BCUT2D eigenvalue weighted by atomic mass is 9.83. The first-order chi connectivity index (χ1) is 9.23. The predicted molar refractivity (Wildman–Crippen MR) is 81.8 cm³/mol. The van der Waals surface area contributed by atoms with Crippen LogP contribution in [0.15, 0.2) is 0 Å². The summed E-state index contributed by atoms with van der Waals surface area (Å²) >= 11 is 0. The van der Waals surface area contributed by atoms with Crippen LogP contribution in [0.2, 0.25) is 0 Å². The fourth-order valence-electron chi connectivity index (χ4n) is 2.83. The fraction of sp³-hybridized carbons (Fsp3) is 0.933. The molecule has 5 nitrogen and oxygen atoms in total. The number of nitrogens with zero attached hydrogens (tertiary/aromatic N) is 1. The minimum absolute atomic E-state index is 0.0149. The monoisotopic (exact) mass is 285 g/mol. The van der Waals surface area contributed by atoms with Crippen molar-refractivity contribution in [3.63, 3.8) is 0 Å². The van der Waals surface area contributed by atoms with Crippen LogP contribution < -0.4 is 10.6 Å². The van der Waals surface area contributed by atoms with Crippen LogP contribution in [0, 0.1) is 5.41 Å². The largest absolute Gasteiger partial charge is 0.368 e. The maximum atomic E-state index is 12.6. The molecule has 0 aromatic carbocycles. The number of hydrogen-bond donors (Lipinski definition) is 2. The molecule has 1 unspecified atom stereocenters. The van der Waals surface area contributed by atoms with Gasteiger partial charge in [0.1, 0.15) is 5.60 Å². The molecule has 0 bridgehead atoms. The van der Waals surface area contributed by atoms with Gasteiger partial charge < -0.3 is 20.3 Å². The highest BCUT2D eigenvalue weighted by Gasteiger charge is 2.41. The van der Waals surface area contributed by atoms with Crippen LogP contribution in [0.5, 0.6) is 0 Å². The minimum atomic E-state index is -0.659. The number of rotatable bonds is 6. The van der Waals surface area contributed by atoms with Gasteiger partial charge in [0.05, 0.1) is 0 Å². The molecule has 1 aliphatic heterocycles. The molecule has 0 aromatic heterocycles. The van der Waals surface area contributed by atoms with Gasteiger partial charge >= 0.3 is 0 Å². The van der Waals surface area contributed by atoms with Gasteiger partial charge in [0, 0.05) is 19.7 Å². The maximum Gasteiger partial charge on any atom is 0.252 e. The van der Waals surface area contributed by atoms with Crippen LogP contribution in [-0.4, -0.2) is 63.3 Å². The van der Waals surface area contributed by atoms with Crippen molar-refractivity contribution < 1.29 is 9.53 Å². The molecule has 118 valence electrons. The number of carbonyl (C=O) groups excluding carboxylic acids is 1. The van der Waals surface area contributed by atoms with E-state index in [0.717, 1.165) is 32.5 Å². The van der Waals surface area contributed by atoms with Crippen molar-refractivity contribution in [1.29, 1.82) is 0 Å². The van der Waals surface area contributed by atoms with Gasteiger partial charge in [-0.2, -0.15) is 0 Å². The lowest BCUT2D eigenvalue weighted by Crippen LogP contribution is -2.58. The van der Waals surface area contributed by atoms with E-state index in [1.807, 2.05) is 0 Å². The maximum absolute atomic E-state index is 12.6. The van der Waals surface area contributed by atoms with Gasteiger partial charge in [0.2, 0.25) is 0 Å². The second-order valence-corrected chi connectivity index (χ2v) is 6.87. The summed E-state index contributed by atoms with van der Waals surface area (Å²) in [5.41, 5.74) is -0.644. The van der Waals surface area contributed by atoms with E-state index in [2.05, 4.69) is 50.4 Å². The summed E-state index contributed by atoms with van der Waals surface area (Å²) in [6, 6.07) is 0.0966. The first-order valence-electron chi connectivity index (χ1n) is 7.45. The Morgan fingerprint density at radius 2 is 1.95 bits per heavy atom. The summed E-state index contributed by atoms with van der Waals surface area (Å²) in [5.74, 6) is 0.0285. The zero-order chi connectivity index (χ0) is 15.4. The number of methoxy groups -OCH3 is 1. The number of ether oxygens (including phenoxy) is 1. The molecule has 2 N–H and O–H groups in total. The van der Waals surface area contributed by atoms with E-state index in [1.54, 1.807) is 7.11 Å². The van der Waals surface area contributed by atoms with E-state index >= 15 is 0 Å². The average Bonchev–Trinajstić information content (AvgIpc) is 2.37. The Hall–Kier alpha value is -0.650. The zero-order valence-corrected chi connectivity index (χ0v) is 13.9. The van der Waals surface area contributed by atoms with E-state index in [0.29, 0.717) is 0 Å². The highest BCUT2D eigenvalue weighted by atomic mass is 16.5. The molecule has 1 amide bonds. The normalized spacial score (nSPS) is 20.8. The summed E-state index contributed by atoms with van der Waals surface area (Å²) in [7, 11) is 5.75. The second kappa shape index (κ2) is 6.87. The van der Waals surface area contributed by atoms with Crippen molar-refractivity contribution in [3.05, 3.63) is 0 Å². The Labute approximate surface area is 123 Å². The zero-order valence-electron chi connectivity index (χ0n) is 13.9. The van der Waals surface area contributed by atoms with Crippen LogP contribution in [0.4, 0.5) is 0 Å². The molecule has 1 atom stereocenters. The molecule has 0 aromatic rings. The van der Waals surface area contributed by atoms with Crippen LogP contribution in [0.3, 0.4) is 0 Å². The summed E-state index contributed by atoms with van der Waals surface area (Å²) in [6.45, 7) is 9.02. The molecule has 20 heavy (non-hydrogen) atoms. The lowest BCUT2D eigenvalue weighted by molar-refractivity contribution is -0.148. The van der Waals surface area contributed by atoms with Gasteiger partial charge in [-0.3, -0.25) is 4.79 Å². The molecule has 1 rings (SSSR count). The second-order valence-electron chi connectivity index (χ2n) is 6.87. The summed E-state index contributed by atoms with van der Waals surface area (Å²) < 4.78 is 5.57. The van der Waals surface area contributed by atoms with E-state index in [9.17, 15) is 4.79 Å². The fourth-order valence-corrected chi connectivity index (χ4v) is 2.83. The Balaban J connectivity index is 2.68. The predicted octanol–water partition coefficient (Wildman–Crippen LogP) is 0.848. The summed E-state index contributed by atoms with van der Waals surface area (Å²) in [4.78, 5) is 14.8. The van der Waals surface area contributed by atoms with Gasteiger partial charge in [-0.1, -0.05) is 13.8 Å². The standard InChI is InChI=1S/C15H31N3O2/c1-12(14(2,3)11-18(4)5)17-13(19)15(20-6)7-9-16-10-8-15/h12,16H,7-11H2,1-6H3,(H,17,19). The molecule has 1 heterocycles. The first kappa shape index (κ1) is 17.4. The van der Waals surface area contributed by atoms with Gasteiger partial charge in [0.25, 0.3) is 5.91 Å². The Kier molecular flexibility index (Phi) is 5.98. The molecular weight excluding hydrogens is 254 g/mol. The van der Waals surface area contributed by atoms with Crippen molar-refractivity contribution in [2.75, 3.05) is 40.8 Å². The third-order valence-corrected chi connectivity index (χ3v) is 4.46. The minimum Gasteiger partial charge on any atom is -0.368 e. The molecule has 0 spiro atoms. The van der Waals surface area contributed by atoms with Gasteiger partial charge in [-0.25, -0.2) is 0 Å². The molecule has 0 saturated carbocycles. The van der Waals surface area contributed by atoms with E-state index in [1.165, 1.54) is 0 Å². The van der Waals surface area contributed by atoms with Crippen LogP contribution in [-0.2, 0) is 9.53 Å². The van der Waals surface area contributed by atoms with Crippen molar-refractivity contribution in [3.8, 4) is 0 Å². The van der Waals surface area contributed by atoms with Crippen LogP contribution in [0.1, 0.15) is 33.6 Å². The lowest BCUT2D eigenvalue weighted by Gasteiger charge is -2.39. The van der Waals surface area contributed by atoms with Crippen LogP contribution >= 0.6 is 0 Å². The van der Waals surface area contributed by atoms with Crippen molar-refractivity contribution in [2.24, 2.45) is 5.41 Å². The third-order valence-electron chi connectivity index (χ3n) is 4.46. The number of carbonyl (C=O) groups is 1. The number of hydrogen-bond acceptors (Lipinski definition) is 4. The number of piperidine rings is 1. The topological polar surface area (TPSA) is 53.6 Å². The SMILES string of the molecule is COC1(C(=O)NC(C)C(C)(C)CN(C)C)CCNCC1. The highest BCUT2D eigenvalue weighted by Crippen LogP contribution is 2.26. The molecule has 0 aliphatic carbocycles. The Morgan fingerprint density at radius 1 is 1.40 bits per heavy atom. The molecule has 1 aliphatic rings. The van der Waals surface area contributed by atoms with Gasteiger partial charge in [-0.15, -0.1) is 0 Å².